The molecule has 2 heterocycles. The summed E-state index contributed by atoms with van der Waals surface area (Å²) in [5, 5.41) is 8.02. The van der Waals surface area contributed by atoms with E-state index in [0.717, 1.165) is 41.0 Å². The summed E-state index contributed by atoms with van der Waals surface area (Å²) in [6.07, 6.45) is 6.26. The quantitative estimate of drug-likeness (QED) is 0.594. The number of benzene rings is 1. The van der Waals surface area contributed by atoms with Crippen molar-refractivity contribution in [3.8, 4) is 0 Å². The van der Waals surface area contributed by atoms with Gasteiger partial charge < -0.3 is 5.32 Å². The van der Waals surface area contributed by atoms with Crippen molar-refractivity contribution in [3.05, 3.63) is 74.3 Å². The summed E-state index contributed by atoms with van der Waals surface area (Å²) >= 11 is 3.33. The van der Waals surface area contributed by atoms with Gasteiger partial charge in [-0.3, -0.25) is 4.79 Å². The monoisotopic (exact) mass is 380 g/mol. The van der Waals surface area contributed by atoms with E-state index in [1.54, 1.807) is 22.7 Å². The van der Waals surface area contributed by atoms with E-state index in [2.05, 4.69) is 15.7 Å². The average molecular weight is 381 g/mol. The third-order valence-electron chi connectivity index (χ3n) is 4.55. The van der Waals surface area contributed by atoms with Gasteiger partial charge in [0.15, 0.2) is 0 Å². The first-order valence-corrected chi connectivity index (χ1v) is 10.6. The van der Waals surface area contributed by atoms with Crippen LogP contribution in [-0.2, 0) is 19.4 Å². The Balaban J connectivity index is 1.60. The second-order valence-corrected chi connectivity index (χ2v) is 8.24. The molecular weight excluding hydrogens is 360 g/mol. The topological polar surface area (TPSA) is 41.5 Å². The van der Waals surface area contributed by atoms with Gasteiger partial charge in [0.25, 0.3) is 5.91 Å². The lowest BCUT2D eigenvalue weighted by molar-refractivity contribution is 0.0951. The maximum absolute atomic E-state index is 13.0. The Morgan fingerprint density at radius 3 is 2.81 bits per heavy atom. The van der Waals surface area contributed by atoms with Gasteiger partial charge in [-0.25, -0.2) is 4.99 Å². The van der Waals surface area contributed by atoms with E-state index in [9.17, 15) is 4.79 Å². The summed E-state index contributed by atoms with van der Waals surface area (Å²) < 4.78 is 0. The molecule has 3 aromatic rings. The summed E-state index contributed by atoms with van der Waals surface area (Å²) in [6, 6.07) is 12.1. The van der Waals surface area contributed by atoms with Crippen LogP contribution in [0.1, 0.15) is 44.8 Å². The molecule has 0 saturated heterocycles. The molecule has 26 heavy (non-hydrogen) atoms. The van der Waals surface area contributed by atoms with Crippen molar-refractivity contribution in [2.75, 3.05) is 0 Å². The van der Waals surface area contributed by atoms with Crippen LogP contribution in [0, 0.1) is 0 Å². The van der Waals surface area contributed by atoms with Crippen LogP contribution in [0.3, 0.4) is 0 Å². The first kappa shape index (κ1) is 17.2. The fourth-order valence-electron chi connectivity index (χ4n) is 3.22. The molecule has 1 amide bonds. The van der Waals surface area contributed by atoms with Gasteiger partial charge in [-0.15, -0.1) is 11.3 Å². The van der Waals surface area contributed by atoms with Crippen molar-refractivity contribution >= 4 is 39.8 Å². The van der Waals surface area contributed by atoms with Crippen LogP contribution in [0.25, 0.3) is 0 Å². The molecule has 1 aliphatic rings. The zero-order valence-electron chi connectivity index (χ0n) is 14.4. The number of hydrogen-bond donors (Lipinski definition) is 1. The molecule has 5 heteroatoms. The fourth-order valence-corrected chi connectivity index (χ4v) is 5.07. The molecule has 3 nitrogen and oxygen atoms in total. The highest BCUT2D eigenvalue weighted by Gasteiger charge is 2.25. The smallest absolute Gasteiger partial charge is 0.254 e. The molecule has 2 aromatic heterocycles. The lowest BCUT2D eigenvalue weighted by Gasteiger charge is -2.12. The summed E-state index contributed by atoms with van der Waals surface area (Å²) in [6.45, 7) is 0.540. The van der Waals surface area contributed by atoms with Crippen LogP contribution < -0.4 is 5.32 Å². The third kappa shape index (κ3) is 3.79. The second-order valence-electron chi connectivity index (χ2n) is 6.37. The molecule has 0 fully saturated rings. The Hall–Kier alpha value is -2.24. The normalized spacial score (nSPS) is 13.7. The number of carbonyl (C=O) groups excluding carboxylic acids is 1. The SMILES string of the molecule is O=C(NCc1ccccc1)c1c(N=Cc2ccsc2)sc2c1CCCC2. The molecule has 1 aromatic carbocycles. The van der Waals surface area contributed by atoms with Crippen molar-refractivity contribution in [1.29, 1.82) is 0 Å². The Kier molecular flexibility index (Phi) is 5.27. The van der Waals surface area contributed by atoms with E-state index in [4.69, 9.17) is 0 Å². The number of thiophene rings is 2. The molecule has 0 aliphatic heterocycles. The third-order valence-corrected chi connectivity index (χ3v) is 6.45. The lowest BCUT2D eigenvalue weighted by Crippen LogP contribution is -2.24. The van der Waals surface area contributed by atoms with Gasteiger partial charge >= 0.3 is 0 Å². The summed E-state index contributed by atoms with van der Waals surface area (Å²) in [4.78, 5) is 19.0. The van der Waals surface area contributed by atoms with E-state index in [-0.39, 0.29) is 5.91 Å². The molecule has 0 bridgehead atoms. The van der Waals surface area contributed by atoms with Crippen LogP contribution in [0.15, 0.2) is 52.2 Å². The Bertz CT molecular complexity index is 911. The van der Waals surface area contributed by atoms with Crippen molar-refractivity contribution in [2.24, 2.45) is 4.99 Å². The van der Waals surface area contributed by atoms with E-state index < -0.39 is 0 Å². The van der Waals surface area contributed by atoms with Gasteiger partial charge in [-0.1, -0.05) is 30.3 Å². The van der Waals surface area contributed by atoms with E-state index >= 15 is 0 Å². The lowest BCUT2D eigenvalue weighted by atomic mass is 9.95. The standard InChI is InChI=1S/C21H20N2OS2/c24-20(22-12-15-6-2-1-3-7-15)19-17-8-4-5-9-18(17)26-21(19)23-13-16-10-11-25-14-16/h1-3,6-7,10-11,13-14H,4-5,8-9,12H2,(H,22,24). The molecular formula is C21H20N2OS2. The minimum absolute atomic E-state index is 0.00859. The molecule has 4 rings (SSSR count). The van der Waals surface area contributed by atoms with Crippen molar-refractivity contribution in [2.45, 2.75) is 32.2 Å². The highest BCUT2D eigenvalue weighted by Crippen LogP contribution is 2.39. The zero-order chi connectivity index (χ0) is 17.8. The van der Waals surface area contributed by atoms with Gasteiger partial charge in [0.05, 0.1) is 5.56 Å². The minimum Gasteiger partial charge on any atom is -0.348 e. The number of aryl methyl sites for hydroxylation is 1. The van der Waals surface area contributed by atoms with Gasteiger partial charge in [-0.05, 0) is 53.6 Å². The highest BCUT2D eigenvalue weighted by molar-refractivity contribution is 7.16. The van der Waals surface area contributed by atoms with Crippen molar-refractivity contribution in [3.63, 3.8) is 0 Å². The van der Waals surface area contributed by atoms with E-state index in [1.807, 2.05) is 48.0 Å². The van der Waals surface area contributed by atoms with Crippen LogP contribution in [0.4, 0.5) is 5.00 Å². The molecule has 0 spiro atoms. The van der Waals surface area contributed by atoms with Gasteiger partial charge in [0.1, 0.15) is 5.00 Å². The highest BCUT2D eigenvalue weighted by atomic mass is 32.1. The number of carbonyl (C=O) groups is 1. The summed E-state index contributed by atoms with van der Waals surface area (Å²) in [7, 11) is 0. The zero-order valence-corrected chi connectivity index (χ0v) is 16.0. The number of nitrogens with zero attached hydrogens (tertiary/aromatic N) is 1. The van der Waals surface area contributed by atoms with Gasteiger partial charge in [-0.2, -0.15) is 11.3 Å². The van der Waals surface area contributed by atoms with Crippen LogP contribution >= 0.6 is 22.7 Å². The molecule has 0 saturated carbocycles. The predicted molar refractivity (Wildman–Crippen MR) is 110 cm³/mol. The van der Waals surface area contributed by atoms with E-state index in [1.165, 1.54) is 16.9 Å². The summed E-state index contributed by atoms with van der Waals surface area (Å²) in [5.74, 6) is -0.00859. The number of fused-ring (bicyclic) bond motifs is 1. The molecule has 132 valence electrons. The van der Waals surface area contributed by atoms with Crippen LogP contribution in [0.2, 0.25) is 0 Å². The molecule has 0 unspecified atom stereocenters. The predicted octanol–water partition coefficient (Wildman–Crippen LogP) is 5.37. The van der Waals surface area contributed by atoms with Crippen molar-refractivity contribution in [1.82, 2.24) is 5.32 Å². The minimum atomic E-state index is -0.00859. The Morgan fingerprint density at radius 1 is 1.15 bits per heavy atom. The van der Waals surface area contributed by atoms with Gasteiger partial charge in [0.2, 0.25) is 0 Å². The number of rotatable bonds is 5. The van der Waals surface area contributed by atoms with Gasteiger partial charge in [0, 0.05) is 23.2 Å². The van der Waals surface area contributed by atoms with Crippen LogP contribution in [-0.4, -0.2) is 12.1 Å². The number of nitrogens with one attached hydrogen (secondary N) is 1. The fraction of sp³-hybridized carbons (Fsp3) is 0.238. The van der Waals surface area contributed by atoms with E-state index in [0.29, 0.717) is 6.54 Å². The largest absolute Gasteiger partial charge is 0.348 e. The number of amides is 1. The maximum atomic E-state index is 13.0. The Morgan fingerprint density at radius 2 is 2.00 bits per heavy atom. The second kappa shape index (κ2) is 7.98. The number of hydrogen-bond acceptors (Lipinski definition) is 4. The Labute approximate surface area is 161 Å². The number of aliphatic imine (C=N–C) groups is 1. The average Bonchev–Trinajstić information content (AvgIpc) is 3.32. The molecule has 1 N–H and O–H groups in total. The maximum Gasteiger partial charge on any atom is 0.254 e. The first-order valence-electron chi connectivity index (χ1n) is 8.84. The molecule has 0 radical (unpaired) electrons. The van der Waals surface area contributed by atoms with Crippen LogP contribution in [0.5, 0.6) is 0 Å². The summed E-state index contributed by atoms with van der Waals surface area (Å²) in [5.41, 5.74) is 4.18. The first-order chi connectivity index (χ1) is 12.8. The van der Waals surface area contributed by atoms with Crippen molar-refractivity contribution < 1.29 is 4.79 Å². The molecule has 0 atom stereocenters. The molecule has 1 aliphatic carbocycles.